The fourth-order valence-corrected chi connectivity index (χ4v) is 4.90. The lowest BCUT2D eigenvalue weighted by Crippen LogP contribution is -2.75. The molecule has 0 unspecified atom stereocenters. The Morgan fingerprint density at radius 1 is 0.676 bits per heavy atom. The lowest BCUT2D eigenvalue weighted by molar-refractivity contribution is -0.159. The second-order valence-electron chi connectivity index (χ2n) is 9.58. The normalized spacial score (nSPS) is 21.3. The lowest BCUT2D eigenvalue weighted by atomic mass is 9.79. The van der Waals surface area contributed by atoms with E-state index in [9.17, 15) is 0 Å². The summed E-state index contributed by atoms with van der Waals surface area (Å²) in [5.41, 5.74) is 3.96. The zero-order valence-corrected chi connectivity index (χ0v) is 19.4. The lowest BCUT2D eigenvalue weighted by Gasteiger charge is -2.59. The molecule has 4 fully saturated rings. The molecule has 4 N–H and O–H groups in total. The van der Waals surface area contributed by atoms with Crippen molar-refractivity contribution < 1.29 is 19.8 Å². The number of aliphatic carboxylic acids is 2. The van der Waals surface area contributed by atoms with E-state index in [2.05, 4.69) is 81.1 Å². The van der Waals surface area contributed by atoms with Crippen molar-refractivity contribution in [2.45, 2.75) is 37.0 Å². The molecular formula is C26H34N4O4. The number of nitrogens with zero attached hydrogens (tertiary/aromatic N) is 2. The van der Waals surface area contributed by atoms with Crippen LogP contribution in [0.25, 0.3) is 0 Å². The number of likely N-dealkylation sites (tertiary alicyclic amines) is 2. The van der Waals surface area contributed by atoms with E-state index in [1.165, 1.54) is 63.2 Å². The van der Waals surface area contributed by atoms with Crippen LogP contribution in [0, 0.1) is 0 Å². The van der Waals surface area contributed by atoms with Crippen molar-refractivity contribution in [2.75, 3.05) is 39.3 Å². The van der Waals surface area contributed by atoms with Gasteiger partial charge in [-0.1, -0.05) is 60.7 Å². The number of carbonyl (C=O) groups is 2. The molecule has 4 aliphatic rings. The molecule has 2 aromatic rings. The van der Waals surface area contributed by atoms with Crippen LogP contribution < -0.4 is 10.6 Å². The summed E-state index contributed by atoms with van der Waals surface area (Å²) in [7, 11) is 0. The first-order chi connectivity index (χ1) is 16.4. The SMILES string of the molecule is O=C(O)C(=O)O.c1ccc(CN2CCC23CNC3)cc1.c1ccc(CN2CCC23CNC3)cc1. The third-order valence-electron chi connectivity index (χ3n) is 7.47. The van der Waals surface area contributed by atoms with Crippen LogP contribution in [-0.2, 0) is 22.7 Å². The van der Waals surface area contributed by atoms with Crippen LogP contribution in [0.1, 0.15) is 24.0 Å². The molecule has 8 heteroatoms. The first-order valence-electron chi connectivity index (χ1n) is 11.9. The topological polar surface area (TPSA) is 105 Å². The minimum absolute atomic E-state index is 0.538. The van der Waals surface area contributed by atoms with Crippen LogP contribution in [0.15, 0.2) is 60.7 Å². The van der Waals surface area contributed by atoms with Gasteiger partial charge in [-0.3, -0.25) is 9.80 Å². The van der Waals surface area contributed by atoms with Gasteiger partial charge in [-0.15, -0.1) is 0 Å². The largest absolute Gasteiger partial charge is 0.473 e. The summed E-state index contributed by atoms with van der Waals surface area (Å²) in [6.07, 6.45) is 2.76. The molecule has 0 bridgehead atoms. The average molecular weight is 467 g/mol. The highest BCUT2D eigenvalue weighted by molar-refractivity contribution is 6.27. The van der Waals surface area contributed by atoms with E-state index in [0.717, 1.165) is 13.1 Å². The Kier molecular flexibility index (Phi) is 7.63. The molecule has 34 heavy (non-hydrogen) atoms. The number of rotatable bonds is 4. The van der Waals surface area contributed by atoms with Gasteiger partial charge in [0, 0.05) is 63.4 Å². The Bertz CT molecular complexity index is 871. The average Bonchev–Trinajstić information content (AvgIpc) is 2.75. The highest BCUT2D eigenvalue weighted by atomic mass is 16.4. The minimum Gasteiger partial charge on any atom is -0.473 e. The van der Waals surface area contributed by atoms with Crippen LogP contribution >= 0.6 is 0 Å². The summed E-state index contributed by atoms with van der Waals surface area (Å²) >= 11 is 0. The number of hydrogen-bond acceptors (Lipinski definition) is 6. The molecule has 0 amide bonds. The number of nitrogens with one attached hydrogen (secondary N) is 2. The maximum absolute atomic E-state index is 9.10. The molecule has 0 atom stereocenters. The van der Waals surface area contributed by atoms with Crippen molar-refractivity contribution >= 4 is 11.9 Å². The van der Waals surface area contributed by atoms with Gasteiger partial charge in [-0.05, 0) is 24.0 Å². The van der Waals surface area contributed by atoms with Crippen LogP contribution in [0.3, 0.4) is 0 Å². The highest BCUT2D eigenvalue weighted by Crippen LogP contribution is 2.36. The summed E-state index contributed by atoms with van der Waals surface area (Å²) in [5, 5.41) is 21.5. The molecule has 0 radical (unpaired) electrons. The van der Waals surface area contributed by atoms with Gasteiger partial charge in [0.1, 0.15) is 0 Å². The number of carboxylic acid groups (broad SMARTS) is 2. The van der Waals surface area contributed by atoms with Crippen LogP contribution in [0.2, 0.25) is 0 Å². The molecular weight excluding hydrogens is 432 g/mol. The van der Waals surface area contributed by atoms with E-state index in [1.807, 2.05) is 0 Å². The van der Waals surface area contributed by atoms with Crippen molar-refractivity contribution in [3.63, 3.8) is 0 Å². The number of benzene rings is 2. The van der Waals surface area contributed by atoms with E-state index in [1.54, 1.807) is 0 Å². The molecule has 0 saturated carbocycles. The van der Waals surface area contributed by atoms with E-state index < -0.39 is 11.9 Å². The maximum atomic E-state index is 9.10. The van der Waals surface area contributed by atoms with Gasteiger partial charge < -0.3 is 20.8 Å². The van der Waals surface area contributed by atoms with Crippen molar-refractivity contribution in [2.24, 2.45) is 0 Å². The van der Waals surface area contributed by atoms with Gasteiger partial charge in [-0.25, -0.2) is 9.59 Å². The van der Waals surface area contributed by atoms with Crippen LogP contribution in [-0.4, -0.2) is 82.3 Å². The third-order valence-corrected chi connectivity index (χ3v) is 7.47. The van der Waals surface area contributed by atoms with Gasteiger partial charge in [0.05, 0.1) is 0 Å². The Labute approximate surface area is 200 Å². The standard InChI is InChI=1S/2C12H16N2.C2H2O4/c2*1-2-4-11(5-3-1)8-14-7-6-12(14)9-13-10-12;3-1(4)2(5)6/h2*1-5,13H,6-10H2;(H,3,4)(H,5,6). The van der Waals surface area contributed by atoms with Gasteiger partial charge in [0.2, 0.25) is 0 Å². The van der Waals surface area contributed by atoms with Gasteiger partial charge in [0.25, 0.3) is 0 Å². The number of carboxylic acids is 2. The maximum Gasteiger partial charge on any atom is 0.414 e. The molecule has 2 aromatic carbocycles. The fourth-order valence-electron chi connectivity index (χ4n) is 4.90. The fraction of sp³-hybridized carbons (Fsp3) is 0.462. The summed E-state index contributed by atoms with van der Waals surface area (Å²) in [6.45, 7) is 9.58. The Morgan fingerprint density at radius 3 is 1.24 bits per heavy atom. The smallest absolute Gasteiger partial charge is 0.414 e. The van der Waals surface area contributed by atoms with E-state index in [4.69, 9.17) is 19.8 Å². The van der Waals surface area contributed by atoms with E-state index in [0.29, 0.717) is 11.1 Å². The van der Waals surface area contributed by atoms with Gasteiger partial charge >= 0.3 is 11.9 Å². The zero-order valence-electron chi connectivity index (χ0n) is 19.4. The van der Waals surface area contributed by atoms with Crippen molar-refractivity contribution in [1.82, 2.24) is 20.4 Å². The van der Waals surface area contributed by atoms with E-state index >= 15 is 0 Å². The Hall–Kier alpha value is -2.78. The summed E-state index contributed by atoms with van der Waals surface area (Å²) in [4.78, 5) is 23.4. The van der Waals surface area contributed by atoms with Gasteiger partial charge in [0.15, 0.2) is 0 Å². The molecule has 182 valence electrons. The zero-order chi connectivity index (χ0) is 24.0. The van der Waals surface area contributed by atoms with E-state index in [-0.39, 0.29) is 0 Å². The monoisotopic (exact) mass is 466 g/mol. The summed E-state index contributed by atoms with van der Waals surface area (Å²) < 4.78 is 0. The molecule has 0 aliphatic carbocycles. The quantitative estimate of drug-likeness (QED) is 0.504. The molecule has 6 rings (SSSR count). The predicted octanol–water partition coefficient (Wildman–Crippen LogP) is 1.62. The molecule has 4 heterocycles. The molecule has 4 aliphatic heterocycles. The second kappa shape index (κ2) is 10.7. The first-order valence-corrected chi connectivity index (χ1v) is 11.9. The highest BCUT2D eigenvalue weighted by Gasteiger charge is 2.49. The van der Waals surface area contributed by atoms with Crippen LogP contribution in [0.5, 0.6) is 0 Å². The molecule has 8 nitrogen and oxygen atoms in total. The van der Waals surface area contributed by atoms with Gasteiger partial charge in [-0.2, -0.15) is 0 Å². The number of hydrogen-bond donors (Lipinski definition) is 4. The first kappa shape index (κ1) is 24.3. The molecule has 4 saturated heterocycles. The third kappa shape index (κ3) is 5.47. The molecule has 2 spiro atoms. The van der Waals surface area contributed by atoms with Crippen molar-refractivity contribution in [3.05, 3.63) is 71.8 Å². The minimum atomic E-state index is -1.82. The summed E-state index contributed by atoms with van der Waals surface area (Å²) in [6, 6.07) is 21.6. The van der Waals surface area contributed by atoms with Crippen molar-refractivity contribution in [3.8, 4) is 0 Å². The van der Waals surface area contributed by atoms with Crippen molar-refractivity contribution in [1.29, 1.82) is 0 Å². The predicted molar refractivity (Wildman–Crippen MR) is 129 cm³/mol. The molecule has 0 aromatic heterocycles. The summed E-state index contributed by atoms with van der Waals surface area (Å²) in [5.74, 6) is -3.65. The Morgan fingerprint density at radius 2 is 1.03 bits per heavy atom. The Balaban J connectivity index is 0.000000132. The second-order valence-corrected chi connectivity index (χ2v) is 9.58. The van der Waals surface area contributed by atoms with Crippen LogP contribution in [0.4, 0.5) is 0 Å².